The van der Waals surface area contributed by atoms with Gasteiger partial charge in [0, 0.05) is 0 Å². The fourth-order valence-electron chi connectivity index (χ4n) is 2.49. The molecule has 0 fully saturated rings. The molecule has 160 valence electrons. The summed E-state index contributed by atoms with van der Waals surface area (Å²) in [5.74, 6) is -1.90. The van der Waals surface area contributed by atoms with E-state index in [1.54, 1.807) is 24.3 Å². The van der Waals surface area contributed by atoms with Crippen molar-refractivity contribution in [3.8, 4) is 0 Å². The molecule has 0 bridgehead atoms. The van der Waals surface area contributed by atoms with Gasteiger partial charge in [0.15, 0.2) is 0 Å². The average Bonchev–Trinajstić information content (AvgIpc) is 2.69. The van der Waals surface area contributed by atoms with Crippen LogP contribution in [0.4, 0.5) is 0 Å². The smallest absolute Gasteiger partial charge is 0.243 e. The van der Waals surface area contributed by atoms with Crippen LogP contribution >= 0.6 is 0 Å². The molecule has 0 aliphatic heterocycles. The van der Waals surface area contributed by atoms with Gasteiger partial charge in [-0.05, 0) is 30.8 Å². The van der Waals surface area contributed by atoms with Crippen molar-refractivity contribution in [3.63, 3.8) is 0 Å². The van der Waals surface area contributed by atoms with Crippen LogP contribution in [0.3, 0.4) is 0 Å². The third kappa shape index (κ3) is 6.60. The molecule has 2 aromatic carbocycles. The molecule has 0 N–H and O–H groups in total. The first-order chi connectivity index (χ1) is 13.9. The Morgan fingerprint density at radius 2 is 0.900 bits per heavy atom. The molecule has 6 nitrogen and oxygen atoms in total. The van der Waals surface area contributed by atoms with Crippen LogP contribution in [0.2, 0.25) is 39.3 Å². The van der Waals surface area contributed by atoms with E-state index in [0.717, 1.165) is 0 Å². The number of carbonyl (C=O) groups excluding carboxylic acids is 2. The topological polar surface area (TPSA) is 71.1 Å². The minimum atomic E-state index is -1.45. The molecule has 0 atom stereocenters. The van der Waals surface area contributed by atoms with Crippen molar-refractivity contribution < 1.29 is 29.1 Å². The van der Waals surface area contributed by atoms with Crippen LogP contribution in [-0.2, 0) is 19.6 Å². The molecule has 0 radical (unpaired) electrons. The van der Waals surface area contributed by atoms with Crippen LogP contribution in [0.15, 0.2) is 61.1 Å². The maximum Gasteiger partial charge on any atom is 0.386 e. The van der Waals surface area contributed by atoms with Gasteiger partial charge in [0.1, 0.15) is 0 Å². The average molecular weight is 445 g/mol. The zero-order valence-electron chi connectivity index (χ0n) is 18.3. The molecule has 2 aromatic rings. The predicted molar refractivity (Wildman–Crippen MR) is 121 cm³/mol. The second-order valence-electron chi connectivity index (χ2n) is 8.93. The fraction of sp³-hybridized carbons (Fsp3) is 0.273. The second-order valence-corrected chi connectivity index (χ2v) is 19.1. The van der Waals surface area contributed by atoms with Crippen molar-refractivity contribution in [2.24, 2.45) is 0 Å². The maximum atomic E-state index is 12.0. The maximum absolute atomic E-state index is 12.0. The first-order valence-corrected chi connectivity index (χ1v) is 16.6. The highest BCUT2D eigenvalue weighted by molar-refractivity contribution is 6.89. The summed E-state index contributed by atoms with van der Waals surface area (Å²) in [5.41, 5.74) is 0.647. The summed E-state index contributed by atoms with van der Waals surface area (Å²) in [6.07, 6.45) is 0. The Morgan fingerprint density at radius 1 is 0.600 bits per heavy atom. The lowest BCUT2D eigenvalue weighted by molar-refractivity contribution is -0.317. The molecule has 0 saturated heterocycles. The molecule has 0 aliphatic rings. The minimum Gasteiger partial charge on any atom is -0.243 e. The summed E-state index contributed by atoms with van der Waals surface area (Å²) in [6.45, 7) is 16.7. The molecule has 0 heterocycles. The Balaban J connectivity index is 1.81. The zero-order valence-corrected chi connectivity index (χ0v) is 20.3. The van der Waals surface area contributed by atoms with Gasteiger partial charge in [0.05, 0.1) is 27.3 Å². The molecule has 8 heteroatoms. The van der Waals surface area contributed by atoms with Gasteiger partial charge in [-0.25, -0.2) is 29.1 Å². The molecule has 0 spiro atoms. The minimum absolute atomic E-state index is 0.323. The SMILES string of the molecule is C=C(OOC(=O)c1ccc([Si](C)(C)C)cc1)OOC(=O)c1ccc([Si](C)(C)C)cc1. The van der Waals surface area contributed by atoms with E-state index < -0.39 is 34.0 Å². The molecule has 0 amide bonds. The van der Waals surface area contributed by atoms with Crippen molar-refractivity contribution in [1.82, 2.24) is 0 Å². The molecule has 0 unspecified atom stereocenters. The third-order valence-corrected chi connectivity index (χ3v) is 8.52. The molecule has 0 aromatic heterocycles. The number of hydrogen-bond acceptors (Lipinski definition) is 6. The highest BCUT2D eigenvalue weighted by Gasteiger charge is 2.19. The van der Waals surface area contributed by atoms with Crippen LogP contribution in [-0.4, -0.2) is 28.1 Å². The highest BCUT2D eigenvalue weighted by atomic mass is 28.3. The van der Waals surface area contributed by atoms with Crippen molar-refractivity contribution in [3.05, 3.63) is 72.2 Å². The van der Waals surface area contributed by atoms with Gasteiger partial charge in [-0.1, -0.05) is 73.9 Å². The van der Waals surface area contributed by atoms with E-state index in [1.165, 1.54) is 10.4 Å². The van der Waals surface area contributed by atoms with Crippen LogP contribution in [0, 0.1) is 0 Å². The standard InChI is InChI=1S/C22H28O6Si2/c1-16(25-27-21(23)17-8-12-19(13-9-17)29(2,3)4)26-28-22(24)18-10-14-20(15-11-18)30(5,6)7/h8-15H,1H2,2-7H3. The van der Waals surface area contributed by atoms with Gasteiger partial charge >= 0.3 is 17.9 Å². The first-order valence-electron chi connectivity index (χ1n) is 9.55. The van der Waals surface area contributed by atoms with Crippen LogP contribution in [0.25, 0.3) is 0 Å². The Labute approximate surface area is 179 Å². The first kappa shape index (κ1) is 23.4. The van der Waals surface area contributed by atoms with Crippen molar-refractivity contribution >= 4 is 38.5 Å². The summed E-state index contributed by atoms with van der Waals surface area (Å²) in [4.78, 5) is 42.8. The van der Waals surface area contributed by atoms with Crippen molar-refractivity contribution in [2.45, 2.75) is 39.3 Å². The lowest BCUT2D eigenvalue weighted by Gasteiger charge is -2.16. The zero-order chi connectivity index (χ0) is 22.5. The molecule has 2 rings (SSSR count). The van der Waals surface area contributed by atoms with Crippen LogP contribution < -0.4 is 10.4 Å². The summed E-state index contributed by atoms with van der Waals surface area (Å²) >= 11 is 0. The van der Waals surface area contributed by atoms with E-state index >= 15 is 0 Å². The summed E-state index contributed by atoms with van der Waals surface area (Å²) < 4.78 is 0. The molecule has 0 aliphatic carbocycles. The van der Waals surface area contributed by atoms with Crippen LogP contribution in [0.1, 0.15) is 20.7 Å². The van der Waals surface area contributed by atoms with Gasteiger partial charge in [-0.15, -0.1) is 0 Å². The van der Waals surface area contributed by atoms with Crippen molar-refractivity contribution in [1.29, 1.82) is 0 Å². The molecular weight excluding hydrogens is 416 g/mol. The summed E-state index contributed by atoms with van der Waals surface area (Å²) in [5, 5.41) is 2.44. The van der Waals surface area contributed by atoms with E-state index in [1.807, 2.05) is 24.3 Å². The van der Waals surface area contributed by atoms with Gasteiger partial charge in [-0.3, -0.25) is 0 Å². The Morgan fingerprint density at radius 3 is 1.17 bits per heavy atom. The van der Waals surface area contributed by atoms with E-state index in [2.05, 4.69) is 65.4 Å². The Hall–Kier alpha value is -2.85. The lowest BCUT2D eigenvalue weighted by atomic mass is 10.2. The van der Waals surface area contributed by atoms with Crippen molar-refractivity contribution in [2.75, 3.05) is 0 Å². The second kappa shape index (κ2) is 9.31. The number of rotatable bonds is 8. The molecular formula is C22H28O6Si2. The fourth-order valence-corrected chi connectivity index (χ4v) is 4.82. The molecule has 30 heavy (non-hydrogen) atoms. The molecule has 0 saturated carbocycles. The third-order valence-electron chi connectivity index (χ3n) is 4.39. The Bertz CT molecular complexity index is 831. The van der Waals surface area contributed by atoms with Gasteiger partial charge in [-0.2, -0.15) is 0 Å². The Kier molecular flexibility index (Phi) is 7.27. The normalized spacial score (nSPS) is 11.4. The quantitative estimate of drug-likeness (QED) is 0.264. The summed E-state index contributed by atoms with van der Waals surface area (Å²) in [6, 6.07) is 14.3. The number of carbonyl (C=O) groups is 2. The number of benzene rings is 2. The predicted octanol–water partition coefficient (Wildman–Crippen LogP) is 4.13. The summed E-state index contributed by atoms with van der Waals surface area (Å²) in [7, 11) is -2.91. The van der Waals surface area contributed by atoms with E-state index in [9.17, 15) is 9.59 Å². The monoisotopic (exact) mass is 444 g/mol. The van der Waals surface area contributed by atoms with Gasteiger partial charge < -0.3 is 0 Å². The van der Waals surface area contributed by atoms with E-state index in [0.29, 0.717) is 11.1 Å². The van der Waals surface area contributed by atoms with Gasteiger partial charge in [0.2, 0.25) is 0 Å². The highest BCUT2D eigenvalue weighted by Crippen LogP contribution is 2.10. The van der Waals surface area contributed by atoms with Gasteiger partial charge in [0.25, 0.3) is 0 Å². The lowest BCUT2D eigenvalue weighted by Crippen LogP contribution is -2.37. The van der Waals surface area contributed by atoms with E-state index in [4.69, 9.17) is 0 Å². The van der Waals surface area contributed by atoms with Crippen LogP contribution in [0.5, 0.6) is 0 Å². The number of hydrogen-bond donors (Lipinski definition) is 0. The van der Waals surface area contributed by atoms with E-state index in [-0.39, 0.29) is 0 Å². The largest absolute Gasteiger partial charge is 0.386 e.